The van der Waals surface area contributed by atoms with Gasteiger partial charge in [-0.05, 0) is 38.0 Å². The van der Waals surface area contributed by atoms with Crippen molar-refractivity contribution in [2.45, 2.75) is 45.8 Å². The Kier molecular flexibility index (Phi) is 6.72. The van der Waals surface area contributed by atoms with Gasteiger partial charge in [0.25, 0.3) is 5.91 Å². The minimum atomic E-state index is -1.02. The van der Waals surface area contributed by atoms with Gasteiger partial charge >= 0.3 is 11.9 Å². The Bertz CT molecular complexity index is 1130. The highest BCUT2D eigenvalue weighted by Crippen LogP contribution is 2.45. The zero-order valence-corrected chi connectivity index (χ0v) is 20.2. The SMILES string of the molecule is CCC[C@@H]1[C@@H]2C(=O)N(c3sc(C(=O)OCC)c(C)c3C(=O)OC)C(=O)[C@H]2ON1c1ccccc1. The number of esters is 2. The van der Waals surface area contributed by atoms with Crippen LogP contribution >= 0.6 is 11.3 Å². The van der Waals surface area contributed by atoms with Crippen LogP contribution in [0.2, 0.25) is 0 Å². The van der Waals surface area contributed by atoms with Crippen molar-refractivity contribution in [2.75, 3.05) is 23.7 Å². The van der Waals surface area contributed by atoms with E-state index in [1.54, 1.807) is 18.9 Å². The average molecular weight is 487 g/mol. The predicted molar refractivity (Wildman–Crippen MR) is 125 cm³/mol. The molecule has 2 aromatic rings. The fourth-order valence-electron chi connectivity index (χ4n) is 4.50. The van der Waals surface area contributed by atoms with Crippen molar-refractivity contribution in [1.29, 1.82) is 0 Å². The Balaban J connectivity index is 1.75. The quantitative estimate of drug-likeness (QED) is 0.433. The number of thiophene rings is 1. The van der Waals surface area contributed by atoms with Crippen molar-refractivity contribution >= 4 is 45.8 Å². The molecule has 1 aromatic heterocycles. The van der Waals surface area contributed by atoms with Crippen molar-refractivity contribution in [2.24, 2.45) is 5.92 Å². The molecule has 0 spiro atoms. The van der Waals surface area contributed by atoms with E-state index < -0.39 is 35.8 Å². The lowest BCUT2D eigenvalue weighted by atomic mass is 9.93. The number of imide groups is 1. The summed E-state index contributed by atoms with van der Waals surface area (Å²) in [6, 6.07) is 8.97. The van der Waals surface area contributed by atoms with E-state index in [1.807, 2.05) is 37.3 Å². The summed E-state index contributed by atoms with van der Waals surface area (Å²) in [4.78, 5) is 59.4. The largest absolute Gasteiger partial charge is 0.465 e. The van der Waals surface area contributed by atoms with Gasteiger partial charge in [0.15, 0.2) is 6.10 Å². The number of amides is 2. The van der Waals surface area contributed by atoms with Gasteiger partial charge < -0.3 is 9.47 Å². The lowest BCUT2D eigenvalue weighted by Gasteiger charge is -2.28. The molecular formula is C24H26N2O7S. The third-order valence-electron chi connectivity index (χ3n) is 6.02. The van der Waals surface area contributed by atoms with E-state index in [1.165, 1.54) is 7.11 Å². The van der Waals surface area contributed by atoms with Gasteiger partial charge in [0.2, 0.25) is 5.91 Å². The van der Waals surface area contributed by atoms with Crippen LogP contribution in [0.3, 0.4) is 0 Å². The summed E-state index contributed by atoms with van der Waals surface area (Å²) >= 11 is 0.873. The molecule has 3 atom stereocenters. The summed E-state index contributed by atoms with van der Waals surface area (Å²) < 4.78 is 9.99. The number of carbonyl (C=O) groups is 4. The number of anilines is 2. The monoisotopic (exact) mass is 486 g/mol. The first-order valence-corrected chi connectivity index (χ1v) is 11.9. The summed E-state index contributed by atoms with van der Waals surface area (Å²) in [5.74, 6) is -3.15. The molecule has 3 heterocycles. The van der Waals surface area contributed by atoms with Crippen molar-refractivity contribution < 1.29 is 33.5 Å². The van der Waals surface area contributed by atoms with Crippen molar-refractivity contribution in [1.82, 2.24) is 0 Å². The minimum absolute atomic E-state index is 0.00387. The number of methoxy groups -OCH3 is 1. The van der Waals surface area contributed by atoms with Crippen LogP contribution in [0.25, 0.3) is 0 Å². The molecule has 9 nitrogen and oxygen atoms in total. The first-order chi connectivity index (χ1) is 16.3. The first-order valence-electron chi connectivity index (χ1n) is 11.1. The summed E-state index contributed by atoms with van der Waals surface area (Å²) in [5.41, 5.74) is 1.07. The maximum absolute atomic E-state index is 13.7. The van der Waals surface area contributed by atoms with Crippen LogP contribution in [0, 0.1) is 12.8 Å². The van der Waals surface area contributed by atoms with Gasteiger partial charge in [-0.2, -0.15) is 0 Å². The molecule has 2 amide bonds. The smallest absolute Gasteiger partial charge is 0.348 e. The molecule has 2 fully saturated rings. The molecule has 10 heteroatoms. The number of benzene rings is 1. The van der Waals surface area contributed by atoms with E-state index in [-0.39, 0.29) is 28.1 Å². The highest BCUT2D eigenvalue weighted by atomic mass is 32.1. The van der Waals surface area contributed by atoms with Gasteiger partial charge in [-0.25, -0.2) is 19.6 Å². The van der Waals surface area contributed by atoms with Crippen molar-refractivity contribution in [3.8, 4) is 0 Å². The number of para-hydroxylation sites is 1. The van der Waals surface area contributed by atoms with Crippen molar-refractivity contribution in [3.63, 3.8) is 0 Å². The second-order valence-corrected chi connectivity index (χ2v) is 9.03. The molecule has 180 valence electrons. The maximum atomic E-state index is 13.7. The number of rotatable bonds is 7. The van der Waals surface area contributed by atoms with Gasteiger partial charge in [-0.15, -0.1) is 11.3 Å². The third-order valence-corrected chi connectivity index (χ3v) is 7.27. The van der Waals surface area contributed by atoms with Crippen LogP contribution in [-0.4, -0.2) is 49.6 Å². The van der Waals surface area contributed by atoms with E-state index in [2.05, 4.69) is 0 Å². The molecule has 0 unspecified atom stereocenters. The summed E-state index contributed by atoms with van der Waals surface area (Å²) in [6.07, 6.45) is 0.383. The van der Waals surface area contributed by atoms with E-state index in [9.17, 15) is 19.2 Å². The maximum Gasteiger partial charge on any atom is 0.348 e. The topological polar surface area (TPSA) is 102 Å². The van der Waals surface area contributed by atoms with Crippen LogP contribution in [0.5, 0.6) is 0 Å². The molecule has 1 aromatic carbocycles. The second kappa shape index (κ2) is 9.55. The molecule has 4 rings (SSSR count). The Morgan fingerprint density at radius 1 is 1.09 bits per heavy atom. The molecule has 0 saturated carbocycles. The Labute approximate surface area is 201 Å². The minimum Gasteiger partial charge on any atom is -0.465 e. The normalized spacial score (nSPS) is 21.7. The van der Waals surface area contributed by atoms with Crippen LogP contribution < -0.4 is 9.96 Å². The van der Waals surface area contributed by atoms with Gasteiger partial charge in [0, 0.05) is 0 Å². The molecular weight excluding hydrogens is 460 g/mol. The number of nitrogens with zero attached hydrogens (tertiary/aromatic N) is 2. The molecule has 0 N–H and O–H groups in total. The number of fused-ring (bicyclic) bond motifs is 1. The number of hydrogen-bond acceptors (Lipinski definition) is 9. The van der Waals surface area contributed by atoms with Gasteiger partial charge in [-0.3, -0.25) is 14.4 Å². The first kappa shape index (κ1) is 23.9. The molecule has 0 aliphatic carbocycles. The fraction of sp³-hybridized carbons (Fsp3) is 0.417. The lowest BCUT2D eigenvalue weighted by Crippen LogP contribution is -2.40. The predicted octanol–water partition coefficient (Wildman–Crippen LogP) is 3.50. The number of hydroxylamine groups is 1. The zero-order chi connectivity index (χ0) is 24.6. The Hall–Kier alpha value is -3.24. The van der Waals surface area contributed by atoms with Gasteiger partial charge in [-0.1, -0.05) is 31.5 Å². The van der Waals surface area contributed by atoms with E-state index >= 15 is 0 Å². The lowest BCUT2D eigenvalue weighted by molar-refractivity contribution is -0.126. The second-order valence-electron chi connectivity index (χ2n) is 8.03. The highest BCUT2D eigenvalue weighted by molar-refractivity contribution is 7.19. The zero-order valence-electron chi connectivity index (χ0n) is 19.4. The van der Waals surface area contributed by atoms with Crippen LogP contribution in [0.15, 0.2) is 30.3 Å². The Morgan fingerprint density at radius 3 is 2.41 bits per heavy atom. The number of carbonyl (C=O) groups excluding carboxylic acids is 4. The highest BCUT2D eigenvalue weighted by Gasteiger charge is 2.60. The van der Waals surface area contributed by atoms with Gasteiger partial charge in [0.05, 0.1) is 36.9 Å². The average Bonchev–Trinajstić information content (AvgIpc) is 3.45. The fourth-order valence-corrected chi connectivity index (χ4v) is 5.70. The molecule has 0 radical (unpaired) electrons. The van der Waals surface area contributed by atoms with Crippen LogP contribution in [0.4, 0.5) is 10.7 Å². The van der Waals surface area contributed by atoms with E-state index in [0.29, 0.717) is 12.0 Å². The van der Waals surface area contributed by atoms with Crippen LogP contribution in [0.1, 0.15) is 52.3 Å². The van der Waals surface area contributed by atoms with E-state index in [4.69, 9.17) is 14.3 Å². The summed E-state index contributed by atoms with van der Waals surface area (Å²) in [6.45, 7) is 5.38. The number of hydrogen-bond donors (Lipinski definition) is 0. The third kappa shape index (κ3) is 3.76. The molecule has 0 bridgehead atoms. The standard InChI is InChI=1S/C24H26N2O7S/c1-5-10-15-17-18(33-26(15)14-11-8-7-9-12-14)21(28)25(20(17)27)22-16(23(29)31-4)13(3)19(34-22)24(30)32-6-2/h7-9,11-12,15,17-18H,5-6,10H2,1-4H3/t15-,17+,18+/m1/s1. The Morgan fingerprint density at radius 2 is 1.79 bits per heavy atom. The molecule has 2 saturated heterocycles. The molecule has 2 aliphatic heterocycles. The van der Waals surface area contributed by atoms with Gasteiger partial charge in [0.1, 0.15) is 9.88 Å². The molecule has 2 aliphatic rings. The van der Waals surface area contributed by atoms with E-state index in [0.717, 1.165) is 28.3 Å². The number of ether oxygens (including phenoxy) is 2. The van der Waals surface area contributed by atoms with Crippen molar-refractivity contribution in [3.05, 3.63) is 46.3 Å². The summed E-state index contributed by atoms with van der Waals surface area (Å²) in [7, 11) is 1.20. The van der Waals surface area contributed by atoms with Crippen LogP contribution in [-0.2, 0) is 23.9 Å². The molecule has 34 heavy (non-hydrogen) atoms. The summed E-state index contributed by atoms with van der Waals surface area (Å²) in [5, 5.41) is 1.71.